The van der Waals surface area contributed by atoms with Gasteiger partial charge in [-0.1, -0.05) is 31.2 Å². The molecule has 0 bridgehead atoms. The van der Waals surface area contributed by atoms with Gasteiger partial charge in [0.05, 0.1) is 0 Å². The fraction of sp³-hybridized carbons (Fsp3) is 0.118. The predicted octanol–water partition coefficient (Wildman–Crippen LogP) is 2.11. The second-order valence-electron chi connectivity index (χ2n) is 4.76. The SMILES string of the molecule is CCC(=O)Nc1cccc(C(=O)NNC(=O)c2ccccc2)c1. The molecule has 0 fully saturated rings. The lowest BCUT2D eigenvalue weighted by atomic mass is 10.2. The van der Waals surface area contributed by atoms with Crippen LogP contribution in [0.1, 0.15) is 34.1 Å². The Labute approximate surface area is 133 Å². The van der Waals surface area contributed by atoms with Gasteiger partial charge in [0.25, 0.3) is 11.8 Å². The van der Waals surface area contributed by atoms with E-state index in [2.05, 4.69) is 16.2 Å². The molecule has 0 atom stereocenters. The summed E-state index contributed by atoms with van der Waals surface area (Å²) in [6.45, 7) is 1.74. The molecule has 0 spiro atoms. The van der Waals surface area contributed by atoms with Crippen LogP contribution in [0.5, 0.6) is 0 Å². The number of hydrogen-bond acceptors (Lipinski definition) is 3. The molecule has 0 heterocycles. The number of anilines is 1. The van der Waals surface area contributed by atoms with Gasteiger partial charge in [-0.25, -0.2) is 0 Å². The zero-order valence-corrected chi connectivity index (χ0v) is 12.6. The molecule has 3 N–H and O–H groups in total. The van der Waals surface area contributed by atoms with E-state index in [0.29, 0.717) is 23.2 Å². The summed E-state index contributed by atoms with van der Waals surface area (Å²) in [5.74, 6) is -1.02. The van der Waals surface area contributed by atoms with Gasteiger partial charge in [-0.2, -0.15) is 0 Å². The molecule has 6 heteroatoms. The highest BCUT2D eigenvalue weighted by Gasteiger charge is 2.09. The fourth-order valence-corrected chi connectivity index (χ4v) is 1.83. The average molecular weight is 311 g/mol. The summed E-state index contributed by atoms with van der Waals surface area (Å²) in [6, 6.07) is 15.0. The van der Waals surface area contributed by atoms with Crippen molar-refractivity contribution < 1.29 is 14.4 Å². The number of carbonyl (C=O) groups is 3. The minimum absolute atomic E-state index is 0.139. The summed E-state index contributed by atoms with van der Waals surface area (Å²) >= 11 is 0. The molecule has 0 aliphatic carbocycles. The van der Waals surface area contributed by atoms with Crippen LogP contribution in [0.15, 0.2) is 54.6 Å². The molecule has 0 radical (unpaired) electrons. The number of amides is 3. The van der Waals surface area contributed by atoms with Gasteiger partial charge >= 0.3 is 0 Å². The normalized spacial score (nSPS) is 9.78. The van der Waals surface area contributed by atoms with E-state index in [1.165, 1.54) is 6.07 Å². The van der Waals surface area contributed by atoms with E-state index >= 15 is 0 Å². The Kier molecular flexibility index (Phi) is 5.46. The number of benzene rings is 2. The molecule has 0 unspecified atom stereocenters. The molecular formula is C17H17N3O3. The first kappa shape index (κ1) is 16.2. The van der Waals surface area contributed by atoms with Crippen LogP contribution in [0, 0.1) is 0 Å². The van der Waals surface area contributed by atoms with Crippen molar-refractivity contribution in [2.45, 2.75) is 13.3 Å². The monoisotopic (exact) mass is 311 g/mol. The molecule has 0 aromatic heterocycles. The highest BCUT2D eigenvalue weighted by Crippen LogP contribution is 2.10. The molecule has 118 valence electrons. The first-order chi connectivity index (χ1) is 11.1. The van der Waals surface area contributed by atoms with Crippen LogP contribution >= 0.6 is 0 Å². The minimum Gasteiger partial charge on any atom is -0.326 e. The predicted molar refractivity (Wildman–Crippen MR) is 86.7 cm³/mol. The highest BCUT2D eigenvalue weighted by atomic mass is 16.2. The largest absolute Gasteiger partial charge is 0.326 e. The summed E-state index contributed by atoms with van der Waals surface area (Å²) in [4.78, 5) is 35.3. The van der Waals surface area contributed by atoms with E-state index in [1.54, 1.807) is 55.5 Å². The van der Waals surface area contributed by atoms with Crippen molar-refractivity contribution in [3.8, 4) is 0 Å². The first-order valence-corrected chi connectivity index (χ1v) is 7.16. The van der Waals surface area contributed by atoms with Crippen molar-refractivity contribution in [2.24, 2.45) is 0 Å². The van der Waals surface area contributed by atoms with Crippen LogP contribution < -0.4 is 16.2 Å². The molecule has 2 aromatic carbocycles. The third-order valence-electron chi connectivity index (χ3n) is 3.06. The molecule has 0 saturated heterocycles. The lowest BCUT2D eigenvalue weighted by molar-refractivity contribution is -0.115. The number of rotatable bonds is 4. The standard InChI is InChI=1S/C17H17N3O3/c1-2-15(21)18-14-10-6-9-13(11-14)17(23)20-19-16(22)12-7-4-3-5-8-12/h3-11H,2H2,1H3,(H,18,21)(H,19,22)(H,20,23). The number of nitrogens with one attached hydrogen (secondary N) is 3. The number of hydrogen-bond donors (Lipinski definition) is 3. The second-order valence-corrected chi connectivity index (χ2v) is 4.76. The van der Waals surface area contributed by atoms with Gasteiger partial charge in [0.1, 0.15) is 0 Å². The Hall–Kier alpha value is -3.15. The summed E-state index contributed by atoms with van der Waals surface area (Å²) in [5, 5.41) is 2.67. The lowest BCUT2D eigenvalue weighted by Crippen LogP contribution is -2.41. The molecule has 0 aliphatic heterocycles. The molecule has 6 nitrogen and oxygen atoms in total. The smallest absolute Gasteiger partial charge is 0.269 e. The number of carbonyl (C=O) groups excluding carboxylic acids is 3. The third-order valence-corrected chi connectivity index (χ3v) is 3.06. The fourth-order valence-electron chi connectivity index (χ4n) is 1.83. The van der Waals surface area contributed by atoms with Crippen molar-refractivity contribution >= 4 is 23.4 Å². The summed E-state index contributed by atoms with van der Waals surface area (Å²) in [6.07, 6.45) is 0.351. The Balaban J connectivity index is 1.97. The average Bonchev–Trinajstić information content (AvgIpc) is 2.60. The molecule has 2 rings (SSSR count). The zero-order valence-electron chi connectivity index (χ0n) is 12.6. The van der Waals surface area contributed by atoms with Gasteiger partial charge in [-0.15, -0.1) is 0 Å². The maximum Gasteiger partial charge on any atom is 0.269 e. The summed E-state index contributed by atoms with van der Waals surface area (Å²) < 4.78 is 0. The van der Waals surface area contributed by atoms with E-state index in [-0.39, 0.29) is 5.91 Å². The number of hydrazine groups is 1. The zero-order chi connectivity index (χ0) is 16.7. The lowest BCUT2D eigenvalue weighted by Gasteiger charge is -2.09. The Bertz CT molecular complexity index is 714. The van der Waals surface area contributed by atoms with Crippen molar-refractivity contribution in [2.75, 3.05) is 5.32 Å². The topological polar surface area (TPSA) is 87.3 Å². The van der Waals surface area contributed by atoms with Crippen LogP contribution in [0.25, 0.3) is 0 Å². The Morgan fingerprint density at radius 2 is 1.43 bits per heavy atom. The van der Waals surface area contributed by atoms with Crippen molar-refractivity contribution in [1.82, 2.24) is 10.9 Å². The van der Waals surface area contributed by atoms with Crippen LogP contribution in [-0.2, 0) is 4.79 Å². The van der Waals surface area contributed by atoms with E-state index in [0.717, 1.165) is 0 Å². The molecule has 0 aliphatic rings. The maximum absolute atomic E-state index is 12.0. The van der Waals surface area contributed by atoms with Crippen molar-refractivity contribution in [3.05, 3.63) is 65.7 Å². The minimum atomic E-state index is -0.470. The molecule has 23 heavy (non-hydrogen) atoms. The van der Waals surface area contributed by atoms with Gasteiger partial charge in [-0.05, 0) is 30.3 Å². The highest BCUT2D eigenvalue weighted by molar-refractivity contribution is 6.00. The van der Waals surface area contributed by atoms with E-state index < -0.39 is 11.8 Å². The summed E-state index contributed by atoms with van der Waals surface area (Å²) in [7, 11) is 0. The van der Waals surface area contributed by atoms with Crippen LogP contribution in [0.3, 0.4) is 0 Å². The summed E-state index contributed by atoms with van der Waals surface area (Å²) in [5.41, 5.74) is 5.98. The van der Waals surface area contributed by atoms with Gasteiger partial charge in [0.2, 0.25) is 5.91 Å². The van der Waals surface area contributed by atoms with E-state index in [4.69, 9.17) is 0 Å². The van der Waals surface area contributed by atoms with E-state index in [9.17, 15) is 14.4 Å². The van der Waals surface area contributed by atoms with Gasteiger partial charge in [0, 0.05) is 23.2 Å². The quantitative estimate of drug-likeness (QED) is 0.756. The molecule has 0 saturated carbocycles. The van der Waals surface area contributed by atoms with Crippen molar-refractivity contribution in [3.63, 3.8) is 0 Å². The van der Waals surface area contributed by atoms with Gasteiger partial charge in [0.15, 0.2) is 0 Å². The third kappa shape index (κ3) is 4.67. The molecule has 3 amide bonds. The Morgan fingerprint density at radius 3 is 2.09 bits per heavy atom. The van der Waals surface area contributed by atoms with E-state index in [1.807, 2.05) is 0 Å². The molecular weight excluding hydrogens is 294 g/mol. The Morgan fingerprint density at radius 1 is 0.826 bits per heavy atom. The van der Waals surface area contributed by atoms with Gasteiger partial charge in [-0.3, -0.25) is 25.2 Å². The van der Waals surface area contributed by atoms with Crippen LogP contribution in [0.2, 0.25) is 0 Å². The van der Waals surface area contributed by atoms with Crippen LogP contribution in [0.4, 0.5) is 5.69 Å². The first-order valence-electron chi connectivity index (χ1n) is 7.16. The van der Waals surface area contributed by atoms with Crippen LogP contribution in [-0.4, -0.2) is 17.7 Å². The maximum atomic E-state index is 12.0. The molecule has 2 aromatic rings. The second kappa shape index (κ2) is 7.74. The van der Waals surface area contributed by atoms with Gasteiger partial charge < -0.3 is 5.32 Å². The van der Waals surface area contributed by atoms with Crippen molar-refractivity contribution in [1.29, 1.82) is 0 Å².